The van der Waals surface area contributed by atoms with Gasteiger partial charge in [0.05, 0.1) is 11.3 Å². The molecule has 0 fully saturated rings. The molecule has 2 aromatic rings. The number of rotatable bonds is 3. The van der Waals surface area contributed by atoms with Gasteiger partial charge >= 0.3 is 5.63 Å². The smallest absolute Gasteiger partial charge is 0.345 e. The number of fused-ring (bicyclic) bond motifs is 1. The summed E-state index contributed by atoms with van der Waals surface area (Å²) in [6.07, 6.45) is 2.89. The Morgan fingerprint density at radius 1 is 1.35 bits per heavy atom. The molecule has 5 nitrogen and oxygen atoms in total. The van der Waals surface area contributed by atoms with Gasteiger partial charge in [-0.15, -0.1) is 5.10 Å². The predicted molar refractivity (Wildman–Crippen MR) is 92.9 cm³/mol. The first-order valence-corrected chi connectivity index (χ1v) is 7.69. The Morgan fingerprint density at radius 3 is 2.91 bits per heavy atom. The number of benzene rings is 1. The first kappa shape index (κ1) is 15.2. The van der Waals surface area contributed by atoms with Crippen molar-refractivity contribution in [3.63, 3.8) is 0 Å². The third-order valence-electron chi connectivity index (χ3n) is 3.98. The molecule has 3 rings (SSSR count). The van der Waals surface area contributed by atoms with Crippen molar-refractivity contribution in [2.24, 2.45) is 10.2 Å². The summed E-state index contributed by atoms with van der Waals surface area (Å²) in [7, 11) is 0. The quantitative estimate of drug-likeness (QED) is 0.495. The standard InChI is InChI=1S/C18H19N3O2/c1-4-21-12(2)9-10-17(21)20-19-13(3)15-11-14-7-5-6-8-16(14)23-18(15)22/h5-9,11H,4,10H2,1-3H3/b19-13+,20-17-. The van der Waals surface area contributed by atoms with Crippen LogP contribution in [0.25, 0.3) is 11.0 Å². The average molecular weight is 309 g/mol. The van der Waals surface area contributed by atoms with Gasteiger partial charge in [-0.3, -0.25) is 0 Å². The van der Waals surface area contributed by atoms with Gasteiger partial charge in [0.2, 0.25) is 0 Å². The van der Waals surface area contributed by atoms with Crippen molar-refractivity contribution in [1.82, 2.24) is 4.90 Å². The van der Waals surface area contributed by atoms with Crippen LogP contribution in [-0.2, 0) is 0 Å². The largest absolute Gasteiger partial charge is 0.422 e. The molecule has 118 valence electrons. The second kappa shape index (κ2) is 6.20. The minimum absolute atomic E-state index is 0.391. The van der Waals surface area contributed by atoms with Crippen LogP contribution in [-0.4, -0.2) is 23.0 Å². The van der Waals surface area contributed by atoms with Crippen molar-refractivity contribution in [1.29, 1.82) is 0 Å². The van der Waals surface area contributed by atoms with Crippen LogP contribution in [0.5, 0.6) is 0 Å². The molecule has 1 aromatic heterocycles. The van der Waals surface area contributed by atoms with Crippen LogP contribution < -0.4 is 5.63 Å². The number of nitrogens with zero attached hydrogens (tertiary/aromatic N) is 3. The van der Waals surface area contributed by atoms with E-state index in [1.54, 1.807) is 19.1 Å². The van der Waals surface area contributed by atoms with E-state index in [9.17, 15) is 4.79 Å². The molecule has 23 heavy (non-hydrogen) atoms. The summed E-state index contributed by atoms with van der Waals surface area (Å²) < 4.78 is 5.34. The molecule has 0 unspecified atom stereocenters. The molecule has 0 aliphatic carbocycles. The van der Waals surface area contributed by atoms with Crippen LogP contribution in [0, 0.1) is 0 Å². The molecule has 0 radical (unpaired) electrons. The summed E-state index contributed by atoms with van der Waals surface area (Å²) >= 11 is 0. The van der Waals surface area contributed by atoms with E-state index >= 15 is 0 Å². The van der Waals surface area contributed by atoms with Crippen LogP contribution in [0.15, 0.2) is 61.5 Å². The molecular formula is C18H19N3O2. The van der Waals surface area contributed by atoms with Crippen molar-refractivity contribution in [3.05, 3.63) is 58.1 Å². The molecule has 1 aliphatic rings. The van der Waals surface area contributed by atoms with Crippen molar-refractivity contribution in [2.45, 2.75) is 27.2 Å². The van der Waals surface area contributed by atoms with Crippen LogP contribution in [0.1, 0.15) is 32.8 Å². The fourth-order valence-corrected chi connectivity index (χ4v) is 2.69. The number of hydrogen-bond acceptors (Lipinski definition) is 4. The summed E-state index contributed by atoms with van der Waals surface area (Å²) in [6, 6.07) is 9.23. The molecule has 0 bridgehead atoms. The van der Waals surface area contributed by atoms with Gasteiger partial charge in [-0.25, -0.2) is 4.79 Å². The van der Waals surface area contributed by atoms with Crippen molar-refractivity contribution in [2.75, 3.05) is 6.54 Å². The van der Waals surface area contributed by atoms with E-state index in [0.29, 0.717) is 16.9 Å². The highest BCUT2D eigenvalue weighted by Crippen LogP contribution is 2.17. The Bertz CT molecular complexity index is 891. The number of allylic oxidation sites excluding steroid dienone is 1. The van der Waals surface area contributed by atoms with Gasteiger partial charge in [-0.2, -0.15) is 5.10 Å². The number of para-hydroxylation sites is 1. The normalized spacial score (nSPS) is 17.2. The summed E-state index contributed by atoms with van der Waals surface area (Å²) in [5, 5.41) is 9.44. The Labute approximate surface area is 134 Å². The topological polar surface area (TPSA) is 58.2 Å². The van der Waals surface area contributed by atoms with E-state index in [1.165, 1.54) is 5.70 Å². The van der Waals surface area contributed by atoms with Crippen LogP contribution in [0.2, 0.25) is 0 Å². The van der Waals surface area contributed by atoms with E-state index in [0.717, 1.165) is 24.2 Å². The fraction of sp³-hybridized carbons (Fsp3) is 0.278. The monoisotopic (exact) mass is 309 g/mol. The highest BCUT2D eigenvalue weighted by molar-refractivity contribution is 6.01. The zero-order chi connectivity index (χ0) is 16.4. The molecule has 2 heterocycles. The SMILES string of the molecule is CCN1C(C)=CC/C1=N/N=C(\C)c1cc2ccccc2oc1=O. The number of hydrogen-bond donors (Lipinski definition) is 0. The Morgan fingerprint density at radius 2 is 2.13 bits per heavy atom. The molecule has 0 spiro atoms. The van der Waals surface area contributed by atoms with Crippen LogP contribution in [0.4, 0.5) is 0 Å². The van der Waals surface area contributed by atoms with Crippen molar-refractivity contribution in [3.8, 4) is 0 Å². The number of amidine groups is 1. The molecule has 0 atom stereocenters. The van der Waals surface area contributed by atoms with Crippen LogP contribution >= 0.6 is 0 Å². The Hall–Kier alpha value is -2.69. The zero-order valence-electron chi connectivity index (χ0n) is 13.5. The van der Waals surface area contributed by atoms with Gasteiger partial charge in [0.15, 0.2) is 0 Å². The van der Waals surface area contributed by atoms with Crippen molar-refractivity contribution < 1.29 is 4.42 Å². The zero-order valence-corrected chi connectivity index (χ0v) is 13.5. The Balaban J connectivity index is 1.96. The van der Waals surface area contributed by atoms with Gasteiger partial charge in [-0.1, -0.05) is 24.3 Å². The maximum Gasteiger partial charge on any atom is 0.345 e. The highest BCUT2D eigenvalue weighted by atomic mass is 16.4. The molecule has 1 aliphatic heterocycles. The van der Waals surface area contributed by atoms with Gasteiger partial charge in [0, 0.05) is 24.0 Å². The maximum absolute atomic E-state index is 12.1. The molecule has 1 aromatic carbocycles. The average Bonchev–Trinajstić information content (AvgIpc) is 2.91. The third kappa shape index (κ3) is 2.95. The molecule has 0 amide bonds. The molecule has 5 heteroatoms. The Kier molecular flexibility index (Phi) is 4.10. The van der Waals surface area contributed by atoms with Gasteiger partial charge < -0.3 is 9.32 Å². The second-order valence-corrected chi connectivity index (χ2v) is 5.48. The maximum atomic E-state index is 12.1. The summed E-state index contributed by atoms with van der Waals surface area (Å²) in [4.78, 5) is 14.2. The lowest BCUT2D eigenvalue weighted by Gasteiger charge is -2.17. The highest BCUT2D eigenvalue weighted by Gasteiger charge is 2.17. The summed E-state index contributed by atoms with van der Waals surface area (Å²) in [5.74, 6) is 0.898. The molecule has 0 N–H and O–H groups in total. The predicted octanol–water partition coefficient (Wildman–Crippen LogP) is 3.54. The molecular weight excluding hydrogens is 290 g/mol. The minimum atomic E-state index is -0.391. The molecule has 0 saturated heterocycles. The first-order chi connectivity index (χ1) is 11.1. The first-order valence-electron chi connectivity index (χ1n) is 7.69. The lowest BCUT2D eigenvalue weighted by molar-refractivity contribution is 0.550. The van der Waals surface area contributed by atoms with E-state index < -0.39 is 5.63 Å². The van der Waals surface area contributed by atoms with E-state index in [1.807, 2.05) is 18.2 Å². The summed E-state index contributed by atoms with van der Waals surface area (Å²) in [6.45, 7) is 6.76. The lowest BCUT2D eigenvalue weighted by atomic mass is 10.1. The summed E-state index contributed by atoms with van der Waals surface area (Å²) in [5.41, 5.74) is 2.37. The minimum Gasteiger partial charge on any atom is -0.422 e. The van der Waals surface area contributed by atoms with Gasteiger partial charge in [0.25, 0.3) is 0 Å². The van der Waals surface area contributed by atoms with Gasteiger partial charge in [0.1, 0.15) is 11.4 Å². The van der Waals surface area contributed by atoms with Crippen molar-refractivity contribution >= 4 is 22.5 Å². The second-order valence-electron chi connectivity index (χ2n) is 5.48. The fourth-order valence-electron chi connectivity index (χ4n) is 2.69. The van der Waals surface area contributed by atoms with E-state index in [-0.39, 0.29) is 0 Å². The lowest BCUT2D eigenvalue weighted by Crippen LogP contribution is -2.23. The van der Waals surface area contributed by atoms with E-state index in [4.69, 9.17) is 4.42 Å². The van der Waals surface area contributed by atoms with Crippen LogP contribution in [0.3, 0.4) is 0 Å². The third-order valence-corrected chi connectivity index (χ3v) is 3.98. The molecule has 0 saturated carbocycles. The van der Waals surface area contributed by atoms with Gasteiger partial charge in [-0.05, 0) is 32.9 Å². The van der Waals surface area contributed by atoms with E-state index in [2.05, 4.69) is 35.0 Å².